The number of rotatable bonds is 5. The number of nitrogens with zero attached hydrogens (tertiary/aromatic N) is 2. The molecule has 0 amide bonds. The minimum Gasteiger partial charge on any atom is -0.357 e. The van der Waals surface area contributed by atoms with Crippen LogP contribution in [0.25, 0.3) is 0 Å². The third-order valence-electron chi connectivity index (χ3n) is 4.30. The highest BCUT2D eigenvalue weighted by Crippen LogP contribution is 2.28. The smallest absolute Gasteiger partial charge is 0.128 e. The minimum absolute atomic E-state index is 0.498. The maximum absolute atomic E-state index is 4.81. The molecule has 20 heavy (non-hydrogen) atoms. The second-order valence-corrected chi connectivity index (χ2v) is 6.56. The van der Waals surface area contributed by atoms with Gasteiger partial charge in [0.25, 0.3) is 0 Å². The normalized spacial score (nSPS) is 23.1. The van der Waals surface area contributed by atoms with Gasteiger partial charge < -0.3 is 10.2 Å². The molecule has 1 N–H and O–H groups in total. The van der Waals surface area contributed by atoms with Crippen molar-refractivity contribution in [3.8, 4) is 0 Å². The molecule has 1 saturated carbocycles. The van der Waals surface area contributed by atoms with Crippen LogP contribution >= 0.6 is 0 Å². The quantitative estimate of drug-likeness (QED) is 0.890. The van der Waals surface area contributed by atoms with Crippen molar-refractivity contribution in [3.05, 3.63) is 23.9 Å². The van der Waals surface area contributed by atoms with Crippen LogP contribution in [0, 0.1) is 5.92 Å². The van der Waals surface area contributed by atoms with Crippen LogP contribution in [0.2, 0.25) is 0 Å². The summed E-state index contributed by atoms with van der Waals surface area (Å²) in [5, 5.41) is 3.43. The predicted molar refractivity (Wildman–Crippen MR) is 86.0 cm³/mol. The molecular weight excluding hydrogens is 246 g/mol. The lowest BCUT2D eigenvalue weighted by atomic mass is 9.86. The lowest BCUT2D eigenvalue weighted by molar-refractivity contribution is 0.335. The molecule has 2 rings (SSSR count). The average Bonchev–Trinajstić information content (AvgIpc) is 2.44. The van der Waals surface area contributed by atoms with E-state index in [9.17, 15) is 0 Å². The van der Waals surface area contributed by atoms with Crippen molar-refractivity contribution in [1.29, 1.82) is 0 Å². The molecule has 0 saturated heterocycles. The molecule has 2 atom stereocenters. The van der Waals surface area contributed by atoms with Gasteiger partial charge in [-0.15, -0.1) is 0 Å². The summed E-state index contributed by atoms with van der Waals surface area (Å²) < 4.78 is 0. The summed E-state index contributed by atoms with van der Waals surface area (Å²) in [5.41, 5.74) is 1.13. The highest BCUT2D eigenvalue weighted by Gasteiger charge is 2.23. The Labute approximate surface area is 123 Å². The molecule has 1 aromatic heterocycles. The van der Waals surface area contributed by atoms with Crippen molar-refractivity contribution in [3.63, 3.8) is 0 Å². The largest absolute Gasteiger partial charge is 0.357 e. The van der Waals surface area contributed by atoms with E-state index >= 15 is 0 Å². The Balaban J connectivity index is 2.01. The van der Waals surface area contributed by atoms with Gasteiger partial charge in [0, 0.05) is 25.7 Å². The number of hydrogen-bond acceptors (Lipinski definition) is 3. The highest BCUT2D eigenvalue weighted by molar-refractivity contribution is 5.39. The van der Waals surface area contributed by atoms with E-state index in [-0.39, 0.29) is 0 Å². The molecule has 1 aliphatic rings. The van der Waals surface area contributed by atoms with E-state index in [1.54, 1.807) is 0 Å². The highest BCUT2D eigenvalue weighted by atomic mass is 15.2. The van der Waals surface area contributed by atoms with Crippen molar-refractivity contribution in [2.45, 2.75) is 65.1 Å². The Kier molecular flexibility index (Phi) is 5.41. The number of aromatic nitrogens is 1. The van der Waals surface area contributed by atoms with Crippen LogP contribution in [0.4, 0.5) is 5.82 Å². The molecule has 0 bridgehead atoms. The number of anilines is 1. The van der Waals surface area contributed by atoms with Gasteiger partial charge in [-0.05, 0) is 30.9 Å². The van der Waals surface area contributed by atoms with Gasteiger partial charge >= 0.3 is 0 Å². The summed E-state index contributed by atoms with van der Waals surface area (Å²) in [7, 11) is 2.20. The molecule has 1 aliphatic carbocycles. The molecule has 1 aromatic rings. The zero-order chi connectivity index (χ0) is 14.5. The Morgan fingerprint density at radius 1 is 1.35 bits per heavy atom. The second kappa shape index (κ2) is 7.07. The van der Waals surface area contributed by atoms with Gasteiger partial charge in [-0.25, -0.2) is 4.98 Å². The molecule has 0 aliphatic heterocycles. The molecule has 2 unspecified atom stereocenters. The van der Waals surface area contributed by atoms with Crippen molar-refractivity contribution in [2.24, 2.45) is 5.92 Å². The number of nitrogens with one attached hydrogen (secondary N) is 1. The molecular formula is C17H29N3. The summed E-state index contributed by atoms with van der Waals surface area (Å²) in [6.45, 7) is 7.55. The zero-order valence-corrected chi connectivity index (χ0v) is 13.4. The van der Waals surface area contributed by atoms with Gasteiger partial charge in [0.15, 0.2) is 0 Å². The SMILES string of the molecule is CC1CCCC(N(C)c2cccc(CNC(C)C)n2)C1. The third-order valence-corrected chi connectivity index (χ3v) is 4.30. The summed E-state index contributed by atoms with van der Waals surface area (Å²) in [4.78, 5) is 7.19. The molecule has 0 spiro atoms. The monoisotopic (exact) mass is 275 g/mol. The van der Waals surface area contributed by atoms with Crippen molar-refractivity contribution in [1.82, 2.24) is 10.3 Å². The van der Waals surface area contributed by atoms with Gasteiger partial charge in [0.2, 0.25) is 0 Å². The predicted octanol–water partition coefficient (Wildman–Crippen LogP) is 3.59. The number of pyridine rings is 1. The topological polar surface area (TPSA) is 28.2 Å². The van der Waals surface area contributed by atoms with Crippen LogP contribution in [-0.4, -0.2) is 24.1 Å². The maximum Gasteiger partial charge on any atom is 0.128 e. The van der Waals surface area contributed by atoms with Gasteiger partial charge in [0.05, 0.1) is 5.69 Å². The van der Waals surface area contributed by atoms with Crippen LogP contribution in [0.1, 0.15) is 52.1 Å². The standard InChI is InChI=1S/C17H29N3/c1-13(2)18-12-15-8-6-10-17(19-15)20(4)16-9-5-7-14(3)11-16/h6,8,10,13-14,16,18H,5,7,9,11-12H2,1-4H3. The fourth-order valence-electron chi connectivity index (χ4n) is 3.01. The molecule has 1 heterocycles. The summed E-state index contributed by atoms with van der Waals surface area (Å²) in [5.74, 6) is 1.97. The van der Waals surface area contributed by atoms with Crippen LogP contribution in [0.15, 0.2) is 18.2 Å². The van der Waals surface area contributed by atoms with E-state index in [2.05, 4.69) is 56.2 Å². The lowest BCUT2D eigenvalue weighted by Gasteiger charge is -2.35. The van der Waals surface area contributed by atoms with Crippen molar-refractivity contribution in [2.75, 3.05) is 11.9 Å². The number of hydrogen-bond donors (Lipinski definition) is 1. The fourth-order valence-corrected chi connectivity index (χ4v) is 3.01. The average molecular weight is 275 g/mol. The molecule has 3 heteroatoms. The van der Waals surface area contributed by atoms with E-state index in [4.69, 9.17) is 4.98 Å². The van der Waals surface area contributed by atoms with Gasteiger partial charge in [-0.1, -0.05) is 39.7 Å². The first-order valence-electron chi connectivity index (χ1n) is 7.98. The fraction of sp³-hybridized carbons (Fsp3) is 0.706. The molecule has 0 aromatic carbocycles. The first-order chi connectivity index (χ1) is 9.56. The van der Waals surface area contributed by atoms with E-state index in [1.165, 1.54) is 25.7 Å². The van der Waals surface area contributed by atoms with Crippen molar-refractivity contribution >= 4 is 5.82 Å². The third kappa shape index (κ3) is 4.20. The van der Waals surface area contributed by atoms with Crippen LogP contribution in [0.3, 0.4) is 0 Å². The van der Waals surface area contributed by atoms with Gasteiger partial charge in [-0.2, -0.15) is 0 Å². The minimum atomic E-state index is 0.498. The Morgan fingerprint density at radius 2 is 2.15 bits per heavy atom. The van der Waals surface area contributed by atoms with E-state index in [0.717, 1.165) is 24.0 Å². The van der Waals surface area contributed by atoms with Crippen LogP contribution in [0.5, 0.6) is 0 Å². The summed E-state index contributed by atoms with van der Waals surface area (Å²) in [6.07, 6.45) is 5.34. The van der Waals surface area contributed by atoms with Gasteiger partial charge in [-0.3, -0.25) is 0 Å². The first kappa shape index (κ1) is 15.3. The molecule has 1 fully saturated rings. The van der Waals surface area contributed by atoms with Crippen molar-refractivity contribution < 1.29 is 0 Å². The van der Waals surface area contributed by atoms with E-state index in [0.29, 0.717) is 12.1 Å². The Hall–Kier alpha value is -1.09. The molecule has 0 radical (unpaired) electrons. The first-order valence-corrected chi connectivity index (χ1v) is 7.98. The maximum atomic E-state index is 4.81. The van der Waals surface area contributed by atoms with E-state index < -0.39 is 0 Å². The Bertz CT molecular complexity index is 416. The summed E-state index contributed by atoms with van der Waals surface area (Å²) >= 11 is 0. The lowest BCUT2D eigenvalue weighted by Crippen LogP contribution is -2.36. The summed E-state index contributed by atoms with van der Waals surface area (Å²) in [6, 6.07) is 7.52. The zero-order valence-electron chi connectivity index (χ0n) is 13.4. The second-order valence-electron chi connectivity index (χ2n) is 6.56. The van der Waals surface area contributed by atoms with E-state index in [1.807, 2.05) is 0 Å². The van der Waals surface area contributed by atoms with Crippen LogP contribution < -0.4 is 10.2 Å². The Morgan fingerprint density at radius 3 is 2.85 bits per heavy atom. The molecule has 3 nitrogen and oxygen atoms in total. The molecule has 112 valence electrons. The van der Waals surface area contributed by atoms with Crippen LogP contribution in [-0.2, 0) is 6.54 Å². The van der Waals surface area contributed by atoms with Gasteiger partial charge in [0.1, 0.15) is 5.82 Å².